The number of ether oxygens (including phenoxy) is 1. The van der Waals surface area contributed by atoms with E-state index in [1.54, 1.807) is 19.9 Å². The van der Waals surface area contributed by atoms with Gasteiger partial charge in [0.2, 0.25) is 15.9 Å². The molecule has 0 spiro atoms. The zero-order valence-electron chi connectivity index (χ0n) is 19.3. The Morgan fingerprint density at radius 1 is 1.12 bits per heavy atom. The van der Waals surface area contributed by atoms with Crippen LogP contribution in [0.4, 0.5) is 11.4 Å². The molecule has 8 nitrogen and oxygen atoms in total. The minimum atomic E-state index is -3.77. The first-order valence-electron chi connectivity index (χ1n) is 11.1. The van der Waals surface area contributed by atoms with Gasteiger partial charge in [-0.3, -0.25) is 9.59 Å². The lowest BCUT2D eigenvalue weighted by atomic mass is 9.97. The molecule has 33 heavy (non-hydrogen) atoms. The molecule has 2 aliphatic rings. The van der Waals surface area contributed by atoms with Crippen LogP contribution < -0.4 is 15.4 Å². The normalized spacial score (nSPS) is 19.4. The van der Waals surface area contributed by atoms with Crippen molar-refractivity contribution in [3.05, 3.63) is 47.0 Å². The summed E-state index contributed by atoms with van der Waals surface area (Å²) in [4.78, 5) is 24.8. The van der Waals surface area contributed by atoms with Gasteiger partial charge in [0.1, 0.15) is 5.75 Å². The molecular formula is C24H29N3O5S. The molecule has 1 saturated heterocycles. The number of rotatable bonds is 4. The van der Waals surface area contributed by atoms with E-state index in [1.165, 1.54) is 10.4 Å². The van der Waals surface area contributed by atoms with Gasteiger partial charge in [-0.1, -0.05) is 12.1 Å². The molecule has 0 aromatic heterocycles. The lowest BCUT2D eigenvalue weighted by Crippen LogP contribution is -2.41. The van der Waals surface area contributed by atoms with Crippen molar-refractivity contribution in [2.24, 2.45) is 5.92 Å². The molecule has 1 unspecified atom stereocenters. The maximum atomic E-state index is 13.4. The molecular weight excluding hydrogens is 442 g/mol. The van der Waals surface area contributed by atoms with Crippen molar-refractivity contribution in [2.75, 3.05) is 23.7 Å². The first-order chi connectivity index (χ1) is 15.6. The fourth-order valence-corrected chi connectivity index (χ4v) is 5.93. The van der Waals surface area contributed by atoms with Crippen LogP contribution in [0.1, 0.15) is 36.5 Å². The van der Waals surface area contributed by atoms with E-state index in [1.807, 2.05) is 32.0 Å². The van der Waals surface area contributed by atoms with Crippen LogP contribution in [0.25, 0.3) is 0 Å². The summed E-state index contributed by atoms with van der Waals surface area (Å²) in [5.41, 5.74) is 3.92. The summed E-state index contributed by atoms with van der Waals surface area (Å²) in [6.07, 6.45) is 0.203. The molecule has 2 aromatic rings. The monoisotopic (exact) mass is 471 g/mol. The molecule has 2 amide bonds. The Hall–Kier alpha value is -2.91. The minimum Gasteiger partial charge on any atom is -0.479 e. The lowest BCUT2D eigenvalue weighted by molar-refractivity contribution is -0.123. The summed E-state index contributed by atoms with van der Waals surface area (Å²) < 4.78 is 33.8. The number of nitrogens with one attached hydrogen (secondary N) is 2. The zero-order valence-corrected chi connectivity index (χ0v) is 20.1. The second-order valence-corrected chi connectivity index (χ2v) is 10.7. The van der Waals surface area contributed by atoms with Crippen molar-refractivity contribution < 1.29 is 22.7 Å². The molecule has 9 heteroatoms. The van der Waals surface area contributed by atoms with Crippen LogP contribution in [-0.2, 0) is 19.6 Å². The Labute approximate surface area is 194 Å². The summed E-state index contributed by atoms with van der Waals surface area (Å²) >= 11 is 0. The van der Waals surface area contributed by atoms with Gasteiger partial charge in [0.25, 0.3) is 5.91 Å². The van der Waals surface area contributed by atoms with E-state index < -0.39 is 16.1 Å². The van der Waals surface area contributed by atoms with Gasteiger partial charge in [0, 0.05) is 30.8 Å². The van der Waals surface area contributed by atoms with E-state index in [-0.39, 0.29) is 35.7 Å². The predicted molar refractivity (Wildman–Crippen MR) is 126 cm³/mol. The average Bonchev–Trinajstić information content (AvgIpc) is 2.77. The Bertz CT molecular complexity index is 1220. The first-order valence-corrected chi connectivity index (χ1v) is 12.5. The van der Waals surface area contributed by atoms with Gasteiger partial charge in [0.05, 0.1) is 10.6 Å². The fraction of sp³-hybridized carbons (Fsp3) is 0.417. The second kappa shape index (κ2) is 8.79. The highest BCUT2D eigenvalue weighted by Gasteiger charge is 2.34. The molecule has 4 rings (SSSR count). The van der Waals surface area contributed by atoms with Gasteiger partial charge < -0.3 is 15.4 Å². The molecule has 0 aliphatic carbocycles. The summed E-state index contributed by atoms with van der Waals surface area (Å²) in [5, 5.41) is 5.74. The number of anilines is 2. The molecule has 0 bridgehead atoms. The fourth-order valence-electron chi connectivity index (χ4n) is 4.24. The number of fused-ring (bicyclic) bond motifs is 1. The van der Waals surface area contributed by atoms with E-state index in [4.69, 9.17) is 4.74 Å². The van der Waals surface area contributed by atoms with Crippen molar-refractivity contribution in [1.82, 2.24) is 4.31 Å². The molecule has 1 fully saturated rings. The molecule has 2 N–H and O–H groups in total. The van der Waals surface area contributed by atoms with Crippen LogP contribution in [0.5, 0.6) is 5.75 Å². The molecule has 176 valence electrons. The highest BCUT2D eigenvalue weighted by molar-refractivity contribution is 7.89. The minimum absolute atomic E-state index is 0.0798. The smallest absolute Gasteiger partial charge is 0.265 e. The number of aryl methyl sites for hydroxylation is 2. The molecule has 0 saturated carbocycles. The van der Waals surface area contributed by atoms with E-state index >= 15 is 0 Å². The van der Waals surface area contributed by atoms with Crippen LogP contribution in [0.15, 0.2) is 35.2 Å². The van der Waals surface area contributed by atoms with Crippen LogP contribution in [0.2, 0.25) is 0 Å². The number of piperidine rings is 1. The van der Waals surface area contributed by atoms with Gasteiger partial charge in [-0.2, -0.15) is 4.31 Å². The van der Waals surface area contributed by atoms with E-state index in [9.17, 15) is 18.0 Å². The van der Waals surface area contributed by atoms with Gasteiger partial charge in [0.15, 0.2) is 6.10 Å². The Morgan fingerprint density at radius 2 is 1.82 bits per heavy atom. The highest BCUT2D eigenvalue weighted by atomic mass is 32.2. The zero-order chi connectivity index (χ0) is 23.9. The topological polar surface area (TPSA) is 105 Å². The van der Waals surface area contributed by atoms with Crippen LogP contribution in [0, 0.1) is 26.7 Å². The SMILES string of the molecule is Cc1cc2c(cc1S(=O)(=O)N1CCC(C(=O)Nc3cccc(C)c3C)CC1)OC(C)C(=O)N2. The summed E-state index contributed by atoms with van der Waals surface area (Å²) in [6, 6.07) is 8.89. The van der Waals surface area contributed by atoms with Crippen molar-refractivity contribution in [2.45, 2.75) is 51.5 Å². The molecule has 0 radical (unpaired) electrons. The third-order valence-electron chi connectivity index (χ3n) is 6.51. The van der Waals surface area contributed by atoms with Crippen molar-refractivity contribution in [1.29, 1.82) is 0 Å². The van der Waals surface area contributed by atoms with Gasteiger partial charge >= 0.3 is 0 Å². The Kier molecular flexibility index (Phi) is 6.20. The number of hydrogen-bond donors (Lipinski definition) is 2. The van der Waals surface area contributed by atoms with Crippen molar-refractivity contribution >= 4 is 33.2 Å². The quantitative estimate of drug-likeness (QED) is 0.711. The lowest BCUT2D eigenvalue weighted by Gasteiger charge is -2.31. The van der Waals surface area contributed by atoms with E-state index in [2.05, 4.69) is 10.6 Å². The highest BCUT2D eigenvalue weighted by Crippen LogP contribution is 2.36. The summed E-state index contributed by atoms with van der Waals surface area (Å²) in [6.45, 7) is 7.80. The first kappa shape index (κ1) is 23.3. The van der Waals surface area contributed by atoms with Crippen LogP contribution in [0.3, 0.4) is 0 Å². The number of sulfonamides is 1. The third-order valence-corrected chi connectivity index (χ3v) is 8.55. The standard InChI is InChI=1S/C24H29N3O5S/c1-14-6-5-7-19(16(14)3)25-24(29)18-8-10-27(11-9-18)33(30,31)22-13-21-20(12-15(22)2)26-23(28)17(4)32-21/h5-7,12-13,17-18H,8-11H2,1-4H3,(H,25,29)(H,26,28). The largest absolute Gasteiger partial charge is 0.479 e. The number of carbonyl (C=O) groups is 2. The Balaban J connectivity index is 1.46. The maximum Gasteiger partial charge on any atom is 0.265 e. The molecule has 2 aromatic carbocycles. The number of hydrogen-bond acceptors (Lipinski definition) is 5. The van der Waals surface area contributed by atoms with Crippen LogP contribution >= 0.6 is 0 Å². The predicted octanol–water partition coefficient (Wildman–Crippen LogP) is 3.37. The van der Waals surface area contributed by atoms with E-state index in [0.717, 1.165) is 16.8 Å². The number of carbonyl (C=O) groups excluding carboxylic acids is 2. The van der Waals surface area contributed by atoms with Crippen LogP contribution in [-0.4, -0.2) is 43.7 Å². The van der Waals surface area contributed by atoms with Crippen molar-refractivity contribution in [3.8, 4) is 5.75 Å². The number of nitrogens with zero attached hydrogens (tertiary/aromatic N) is 1. The van der Waals surface area contributed by atoms with Crippen molar-refractivity contribution in [3.63, 3.8) is 0 Å². The Morgan fingerprint density at radius 3 is 2.52 bits per heavy atom. The third kappa shape index (κ3) is 4.47. The molecule has 2 aliphatic heterocycles. The maximum absolute atomic E-state index is 13.4. The van der Waals surface area contributed by atoms with Gasteiger partial charge in [-0.05, 0) is 69.4 Å². The average molecular weight is 472 g/mol. The van der Waals surface area contributed by atoms with Gasteiger partial charge in [-0.15, -0.1) is 0 Å². The van der Waals surface area contributed by atoms with E-state index in [0.29, 0.717) is 29.8 Å². The summed E-state index contributed by atoms with van der Waals surface area (Å²) in [7, 11) is -3.77. The molecule has 1 atom stereocenters. The second-order valence-electron chi connectivity index (χ2n) is 8.78. The molecule has 2 heterocycles. The summed E-state index contributed by atoms with van der Waals surface area (Å²) in [5.74, 6) is -0.253. The number of amides is 2. The van der Waals surface area contributed by atoms with Gasteiger partial charge in [-0.25, -0.2) is 8.42 Å². The number of benzene rings is 2.